The molecule has 122 valence electrons. The molecule has 2 fully saturated rings. The minimum absolute atomic E-state index is 0.313. The number of ketones is 1. The summed E-state index contributed by atoms with van der Waals surface area (Å²) in [4.78, 5) is 17.4. The lowest BCUT2D eigenvalue weighted by molar-refractivity contribution is -0.126. The molecule has 1 aliphatic heterocycles. The molecule has 1 saturated carbocycles. The maximum atomic E-state index is 12.3. The first-order valence-electron chi connectivity index (χ1n) is 9.09. The summed E-state index contributed by atoms with van der Waals surface area (Å²) in [6.07, 6.45) is 8.13. The minimum atomic E-state index is 0.313. The Kier molecular flexibility index (Phi) is 6.69. The molecule has 3 nitrogen and oxygen atoms in total. The summed E-state index contributed by atoms with van der Waals surface area (Å²) in [5.41, 5.74) is 0. The molecule has 1 saturated heterocycles. The number of hydrogen-bond acceptors (Lipinski definition) is 3. The zero-order valence-electron chi connectivity index (χ0n) is 14.3. The maximum Gasteiger partial charge on any atom is 0.137 e. The highest BCUT2D eigenvalue weighted by atomic mass is 16.1. The van der Waals surface area contributed by atoms with Gasteiger partial charge >= 0.3 is 0 Å². The number of nitrogens with zero attached hydrogens (tertiary/aromatic N) is 2. The number of carbonyl (C=O) groups excluding carboxylic acids is 1. The van der Waals surface area contributed by atoms with Crippen LogP contribution in [-0.2, 0) is 4.79 Å². The third-order valence-corrected chi connectivity index (χ3v) is 5.52. The Morgan fingerprint density at radius 1 is 1.24 bits per heavy atom. The molecule has 0 aromatic carbocycles. The average Bonchev–Trinajstić information content (AvgIpc) is 2.64. The molecule has 0 amide bonds. The molecule has 0 aromatic rings. The predicted molar refractivity (Wildman–Crippen MR) is 88.5 cm³/mol. The van der Waals surface area contributed by atoms with E-state index in [-0.39, 0.29) is 0 Å². The van der Waals surface area contributed by atoms with Crippen LogP contribution in [0.2, 0.25) is 0 Å². The van der Waals surface area contributed by atoms with E-state index in [1.807, 2.05) is 0 Å². The van der Waals surface area contributed by atoms with E-state index in [2.05, 4.69) is 30.7 Å². The minimum Gasteiger partial charge on any atom is -0.305 e. The summed E-state index contributed by atoms with van der Waals surface area (Å²) in [7, 11) is 2.23. The Morgan fingerprint density at radius 2 is 2.05 bits per heavy atom. The molecule has 21 heavy (non-hydrogen) atoms. The van der Waals surface area contributed by atoms with E-state index in [0.29, 0.717) is 17.7 Å². The van der Waals surface area contributed by atoms with Gasteiger partial charge in [-0.25, -0.2) is 0 Å². The van der Waals surface area contributed by atoms with Gasteiger partial charge in [-0.2, -0.15) is 0 Å². The summed E-state index contributed by atoms with van der Waals surface area (Å²) in [6.45, 7) is 9.11. The molecule has 0 bridgehead atoms. The molecule has 1 aliphatic carbocycles. The molecule has 0 spiro atoms. The molecule has 2 rings (SSSR count). The Hall–Kier alpha value is -0.410. The maximum absolute atomic E-state index is 12.3. The van der Waals surface area contributed by atoms with E-state index in [1.54, 1.807) is 0 Å². The highest BCUT2D eigenvalue weighted by molar-refractivity contribution is 5.82. The number of hydrogen-bond donors (Lipinski definition) is 0. The molecular formula is C18H34N2O. The van der Waals surface area contributed by atoms with Crippen molar-refractivity contribution in [2.45, 2.75) is 64.8 Å². The third-order valence-electron chi connectivity index (χ3n) is 5.52. The highest BCUT2D eigenvalue weighted by Gasteiger charge is 2.32. The quantitative estimate of drug-likeness (QED) is 0.778. The Labute approximate surface area is 131 Å². The molecule has 1 heterocycles. The Balaban J connectivity index is 1.95. The van der Waals surface area contributed by atoms with Crippen LogP contribution in [-0.4, -0.2) is 54.9 Å². The summed E-state index contributed by atoms with van der Waals surface area (Å²) in [6, 6.07) is 0.636. The van der Waals surface area contributed by atoms with Crippen LogP contribution in [0.25, 0.3) is 0 Å². The topological polar surface area (TPSA) is 23.6 Å². The molecule has 3 atom stereocenters. The summed E-state index contributed by atoms with van der Waals surface area (Å²) < 4.78 is 0. The fraction of sp³-hybridized carbons (Fsp3) is 0.944. The van der Waals surface area contributed by atoms with E-state index in [9.17, 15) is 4.79 Å². The summed E-state index contributed by atoms with van der Waals surface area (Å²) in [5.74, 6) is 1.65. The van der Waals surface area contributed by atoms with Gasteiger partial charge in [-0.3, -0.25) is 9.69 Å². The fourth-order valence-electron chi connectivity index (χ4n) is 4.25. The SMILES string of the molecule is CCCC1CCC(=O)C(CN2CCCN(C)CC2CC)C1. The molecular weight excluding hydrogens is 260 g/mol. The molecule has 0 aromatic heterocycles. The van der Waals surface area contributed by atoms with Crippen LogP contribution < -0.4 is 0 Å². The van der Waals surface area contributed by atoms with Crippen molar-refractivity contribution >= 4 is 5.78 Å². The fourth-order valence-corrected chi connectivity index (χ4v) is 4.25. The smallest absolute Gasteiger partial charge is 0.137 e. The normalized spacial score (nSPS) is 33.1. The predicted octanol–water partition coefficient (Wildman–Crippen LogP) is 3.19. The van der Waals surface area contributed by atoms with Crippen molar-refractivity contribution in [3.63, 3.8) is 0 Å². The van der Waals surface area contributed by atoms with E-state index in [1.165, 1.54) is 38.8 Å². The van der Waals surface area contributed by atoms with Gasteiger partial charge in [0.1, 0.15) is 5.78 Å². The number of Topliss-reactive ketones (excluding diaryl/α,β-unsaturated/α-hetero) is 1. The van der Waals surface area contributed by atoms with Crippen LogP contribution >= 0.6 is 0 Å². The van der Waals surface area contributed by atoms with Gasteiger partial charge in [-0.15, -0.1) is 0 Å². The van der Waals surface area contributed by atoms with E-state index < -0.39 is 0 Å². The molecule has 3 unspecified atom stereocenters. The lowest BCUT2D eigenvalue weighted by Crippen LogP contribution is -2.44. The number of carbonyl (C=O) groups is 1. The molecule has 3 heteroatoms. The largest absolute Gasteiger partial charge is 0.305 e. The summed E-state index contributed by atoms with van der Waals surface area (Å²) >= 11 is 0. The van der Waals surface area contributed by atoms with Gasteiger partial charge in [0.05, 0.1) is 0 Å². The van der Waals surface area contributed by atoms with Crippen LogP contribution in [0.3, 0.4) is 0 Å². The first kappa shape index (κ1) is 17.0. The van der Waals surface area contributed by atoms with Gasteiger partial charge in [0, 0.05) is 31.5 Å². The molecule has 0 radical (unpaired) electrons. The van der Waals surface area contributed by atoms with Gasteiger partial charge in [0.2, 0.25) is 0 Å². The van der Waals surface area contributed by atoms with E-state index in [4.69, 9.17) is 0 Å². The van der Waals surface area contributed by atoms with Crippen molar-refractivity contribution < 1.29 is 4.79 Å². The van der Waals surface area contributed by atoms with Gasteiger partial charge in [0.15, 0.2) is 0 Å². The van der Waals surface area contributed by atoms with Gasteiger partial charge in [0.25, 0.3) is 0 Å². The zero-order valence-corrected chi connectivity index (χ0v) is 14.3. The third kappa shape index (κ3) is 4.79. The van der Waals surface area contributed by atoms with Crippen LogP contribution in [0.15, 0.2) is 0 Å². The summed E-state index contributed by atoms with van der Waals surface area (Å²) in [5, 5.41) is 0. The first-order valence-corrected chi connectivity index (χ1v) is 9.09. The monoisotopic (exact) mass is 294 g/mol. The lowest BCUT2D eigenvalue weighted by Gasteiger charge is -2.36. The highest BCUT2D eigenvalue weighted by Crippen LogP contribution is 2.31. The number of rotatable bonds is 5. The second-order valence-electron chi connectivity index (χ2n) is 7.27. The molecule has 2 aliphatic rings. The zero-order chi connectivity index (χ0) is 15.2. The number of likely N-dealkylation sites (N-methyl/N-ethyl adjacent to an activating group) is 1. The van der Waals surface area contributed by atoms with Gasteiger partial charge < -0.3 is 4.90 Å². The first-order chi connectivity index (χ1) is 10.1. The van der Waals surface area contributed by atoms with Crippen LogP contribution in [0.1, 0.15) is 58.8 Å². The van der Waals surface area contributed by atoms with Crippen molar-refractivity contribution in [1.82, 2.24) is 9.80 Å². The standard InChI is InChI=1S/C18H34N2O/c1-4-7-15-8-9-18(21)16(12-15)13-20-11-6-10-19(3)14-17(20)5-2/h15-17H,4-14H2,1-3H3. The van der Waals surface area contributed by atoms with Crippen LogP contribution in [0.5, 0.6) is 0 Å². The Morgan fingerprint density at radius 3 is 2.76 bits per heavy atom. The Bertz CT molecular complexity index is 331. The van der Waals surface area contributed by atoms with Crippen molar-refractivity contribution in [2.24, 2.45) is 11.8 Å². The van der Waals surface area contributed by atoms with E-state index in [0.717, 1.165) is 38.3 Å². The van der Waals surface area contributed by atoms with Crippen molar-refractivity contribution in [3.8, 4) is 0 Å². The lowest BCUT2D eigenvalue weighted by atomic mass is 9.78. The molecule has 0 N–H and O–H groups in total. The average molecular weight is 294 g/mol. The van der Waals surface area contributed by atoms with Crippen molar-refractivity contribution in [2.75, 3.05) is 33.2 Å². The van der Waals surface area contributed by atoms with Gasteiger partial charge in [-0.05, 0) is 51.7 Å². The van der Waals surface area contributed by atoms with Crippen LogP contribution in [0, 0.1) is 11.8 Å². The van der Waals surface area contributed by atoms with Gasteiger partial charge in [-0.1, -0.05) is 26.7 Å². The van der Waals surface area contributed by atoms with Crippen molar-refractivity contribution in [3.05, 3.63) is 0 Å². The van der Waals surface area contributed by atoms with Crippen molar-refractivity contribution in [1.29, 1.82) is 0 Å². The van der Waals surface area contributed by atoms with E-state index >= 15 is 0 Å². The van der Waals surface area contributed by atoms with Crippen LogP contribution in [0.4, 0.5) is 0 Å². The second kappa shape index (κ2) is 8.28. The second-order valence-corrected chi connectivity index (χ2v) is 7.27.